The number of hydrogen-bond donors (Lipinski definition) is 1. The molecule has 5 rings (SSSR count). The Morgan fingerprint density at radius 3 is 2.24 bits per heavy atom. The summed E-state index contributed by atoms with van der Waals surface area (Å²) < 4.78 is 0. The minimum absolute atomic E-state index is 0.0344. The standard InChI is InChI=1S/C30H47NO3/c1-25(2)12-14-30(24(32)33)15-13-28(6)20(21(30)18-25)8-9-23-27(5)17-19(31-34)16-26(3,4)22(27)10-11-29(23,28)7/h8,19,21-23H,9-18H2,1-7H3,(H,32,33)/t19?,21-,22-,23+,27-,28+,29+,30-/m0/s1. The molecule has 0 spiro atoms. The average Bonchev–Trinajstić information content (AvgIpc) is 2.72. The molecule has 0 aromatic rings. The van der Waals surface area contributed by atoms with Crippen LogP contribution in [0.5, 0.6) is 0 Å². The van der Waals surface area contributed by atoms with E-state index >= 15 is 0 Å². The van der Waals surface area contributed by atoms with Gasteiger partial charge in [-0.2, -0.15) is 4.91 Å². The molecule has 0 aromatic heterocycles. The molecule has 0 heterocycles. The molecular formula is C30H47NO3. The molecule has 4 saturated carbocycles. The van der Waals surface area contributed by atoms with E-state index in [-0.39, 0.29) is 39.0 Å². The van der Waals surface area contributed by atoms with Gasteiger partial charge in [-0.05, 0) is 109 Å². The molecule has 34 heavy (non-hydrogen) atoms. The van der Waals surface area contributed by atoms with Crippen molar-refractivity contribution in [3.63, 3.8) is 0 Å². The van der Waals surface area contributed by atoms with Crippen LogP contribution in [0.4, 0.5) is 0 Å². The molecule has 4 fully saturated rings. The lowest BCUT2D eigenvalue weighted by atomic mass is 9.33. The third-order valence-electron chi connectivity index (χ3n) is 12.9. The van der Waals surface area contributed by atoms with Crippen molar-refractivity contribution >= 4 is 5.97 Å². The monoisotopic (exact) mass is 469 g/mol. The summed E-state index contributed by atoms with van der Waals surface area (Å²) in [6.45, 7) is 16.9. The van der Waals surface area contributed by atoms with Gasteiger partial charge < -0.3 is 5.11 Å². The second-order valence-electron chi connectivity index (χ2n) is 15.3. The Bertz CT molecular complexity index is 935. The van der Waals surface area contributed by atoms with Crippen molar-refractivity contribution < 1.29 is 9.90 Å². The van der Waals surface area contributed by atoms with Crippen LogP contribution in [-0.2, 0) is 4.79 Å². The summed E-state index contributed by atoms with van der Waals surface area (Å²) in [5.74, 6) is 0.728. The van der Waals surface area contributed by atoms with E-state index in [2.05, 4.69) is 59.7 Å². The molecule has 0 aromatic carbocycles. The van der Waals surface area contributed by atoms with E-state index in [0.717, 1.165) is 51.4 Å². The number of hydrogen-bond acceptors (Lipinski definition) is 3. The second-order valence-corrected chi connectivity index (χ2v) is 15.3. The average molecular weight is 470 g/mol. The van der Waals surface area contributed by atoms with Crippen LogP contribution < -0.4 is 0 Å². The molecule has 4 heteroatoms. The van der Waals surface area contributed by atoms with Gasteiger partial charge >= 0.3 is 5.97 Å². The lowest BCUT2D eigenvalue weighted by Crippen LogP contribution is -2.64. The molecule has 0 radical (unpaired) electrons. The van der Waals surface area contributed by atoms with Crippen LogP contribution in [0.1, 0.15) is 113 Å². The van der Waals surface area contributed by atoms with Gasteiger partial charge in [0.15, 0.2) is 0 Å². The van der Waals surface area contributed by atoms with Crippen molar-refractivity contribution in [1.82, 2.24) is 0 Å². The van der Waals surface area contributed by atoms with Gasteiger partial charge in [-0.3, -0.25) is 4.79 Å². The summed E-state index contributed by atoms with van der Waals surface area (Å²) in [5, 5.41) is 14.1. The van der Waals surface area contributed by atoms with Crippen LogP contribution in [0.2, 0.25) is 0 Å². The Kier molecular flexibility index (Phi) is 5.18. The number of aliphatic carboxylic acids is 1. The summed E-state index contributed by atoms with van der Waals surface area (Å²) >= 11 is 0. The third kappa shape index (κ3) is 2.98. The number of carboxylic acid groups (broad SMARTS) is 1. The van der Waals surface area contributed by atoms with Gasteiger partial charge in [0.25, 0.3) is 0 Å². The Morgan fingerprint density at radius 1 is 0.912 bits per heavy atom. The topological polar surface area (TPSA) is 66.7 Å². The predicted molar refractivity (Wildman–Crippen MR) is 136 cm³/mol. The molecule has 0 amide bonds. The van der Waals surface area contributed by atoms with Crippen molar-refractivity contribution in [2.75, 3.05) is 0 Å². The van der Waals surface area contributed by atoms with Gasteiger partial charge in [-0.25, -0.2) is 0 Å². The number of fused-ring (bicyclic) bond motifs is 7. The van der Waals surface area contributed by atoms with Crippen molar-refractivity contribution in [2.24, 2.45) is 55.4 Å². The Morgan fingerprint density at radius 2 is 1.59 bits per heavy atom. The van der Waals surface area contributed by atoms with Gasteiger partial charge in [-0.15, -0.1) is 0 Å². The summed E-state index contributed by atoms with van der Waals surface area (Å²) in [7, 11) is 0. The maximum absolute atomic E-state index is 12.8. The Hall–Kier alpha value is -1.19. The maximum Gasteiger partial charge on any atom is 0.310 e. The minimum atomic E-state index is -0.579. The second kappa shape index (κ2) is 7.19. The highest BCUT2D eigenvalue weighted by atomic mass is 16.4. The molecule has 5 aliphatic rings. The van der Waals surface area contributed by atoms with Gasteiger partial charge in [0.05, 0.1) is 11.5 Å². The SMILES string of the molecule is CC1(C)CC[C@]2(C(=O)O)CC[C@]3(C)C(=CC[C@@H]4[C@@]5(C)CC(N=O)CC(C)(C)[C@@H]5CC[C@]43C)[C@@H]2C1. The zero-order valence-electron chi connectivity index (χ0n) is 22.7. The maximum atomic E-state index is 12.8. The molecule has 1 N–H and O–H groups in total. The minimum Gasteiger partial charge on any atom is -0.481 e. The molecule has 4 nitrogen and oxygen atoms in total. The molecule has 5 aliphatic carbocycles. The van der Waals surface area contributed by atoms with Crippen LogP contribution in [0.25, 0.3) is 0 Å². The van der Waals surface area contributed by atoms with E-state index in [0.29, 0.717) is 11.8 Å². The van der Waals surface area contributed by atoms with Crippen LogP contribution in [0.3, 0.4) is 0 Å². The van der Waals surface area contributed by atoms with E-state index in [1.54, 1.807) is 0 Å². The highest BCUT2D eigenvalue weighted by Crippen LogP contribution is 2.75. The van der Waals surface area contributed by atoms with Crippen LogP contribution in [0.15, 0.2) is 16.8 Å². The van der Waals surface area contributed by atoms with E-state index in [4.69, 9.17) is 0 Å². The molecule has 1 unspecified atom stereocenters. The number of carboxylic acids is 1. The van der Waals surface area contributed by atoms with Crippen LogP contribution >= 0.6 is 0 Å². The normalized spacial score (nSPS) is 51.1. The highest BCUT2D eigenvalue weighted by Gasteiger charge is 2.69. The number of carbonyl (C=O) groups is 1. The summed E-state index contributed by atoms with van der Waals surface area (Å²) in [6.07, 6.45) is 12.4. The van der Waals surface area contributed by atoms with Crippen molar-refractivity contribution in [2.45, 2.75) is 119 Å². The zero-order valence-corrected chi connectivity index (χ0v) is 22.7. The van der Waals surface area contributed by atoms with Crippen molar-refractivity contribution in [1.29, 1.82) is 0 Å². The van der Waals surface area contributed by atoms with E-state index in [1.165, 1.54) is 18.4 Å². The first-order valence-electron chi connectivity index (χ1n) is 13.9. The van der Waals surface area contributed by atoms with Gasteiger partial charge in [0.1, 0.15) is 0 Å². The molecule has 0 aliphatic heterocycles. The molecule has 0 saturated heterocycles. The molecular weight excluding hydrogens is 422 g/mol. The van der Waals surface area contributed by atoms with Crippen LogP contribution in [0, 0.1) is 55.2 Å². The number of nitroso groups, excluding NO2 is 1. The van der Waals surface area contributed by atoms with E-state index in [9.17, 15) is 14.8 Å². The summed E-state index contributed by atoms with van der Waals surface area (Å²) in [6, 6.07) is -0.0815. The highest BCUT2D eigenvalue weighted by molar-refractivity contribution is 5.76. The number of rotatable bonds is 2. The van der Waals surface area contributed by atoms with E-state index in [1.807, 2.05) is 0 Å². The van der Waals surface area contributed by atoms with Gasteiger partial charge in [0.2, 0.25) is 0 Å². The Labute approximate surface area is 206 Å². The quantitative estimate of drug-likeness (QED) is 0.329. The fourth-order valence-corrected chi connectivity index (χ4v) is 11.0. The molecule has 0 bridgehead atoms. The summed E-state index contributed by atoms with van der Waals surface area (Å²) in [4.78, 5) is 24.6. The molecule has 8 atom stereocenters. The lowest BCUT2D eigenvalue weighted by Gasteiger charge is -2.71. The first-order valence-corrected chi connectivity index (χ1v) is 13.9. The van der Waals surface area contributed by atoms with Crippen molar-refractivity contribution in [3.05, 3.63) is 16.6 Å². The largest absolute Gasteiger partial charge is 0.481 e. The van der Waals surface area contributed by atoms with Gasteiger partial charge in [0, 0.05) is 0 Å². The smallest absolute Gasteiger partial charge is 0.310 e. The predicted octanol–water partition coefficient (Wildman–Crippen LogP) is 8.01. The van der Waals surface area contributed by atoms with E-state index < -0.39 is 11.4 Å². The summed E-state index contributed by atoms with van der Waals surface area (Å²) in [5.41, 5.74) is 1.50. The number of allylic oxidation sites excluding steroid dienone is 2. The fraction of sp³-hybridized carbons (Fsp3) is 0.900. The number of nitrogens with zero attached hydrogens (tertiary/aromatic N) is 1. The lowest BCUT2D eigenvalue weighted by molar-refractivity contribution is -0.189. The molecule has 190 valence electrons. The van der Waals surface area contributed by atoms with Crippen molar-refractivity contribution in [3.8, 4) is 0 Å². The first-order chi connectivity index (χ1) is 15.7. The van der Waals surface area contributed by atoms with Crippen LogP contribution in [-0.4, -0.2) is 17.1 Å². The first kappa shape index (κ1) is 24.5. The zero-order chi connectivity index (χ0) is 24.9. The fourth-order valence-electron chi connectivity index (χ4n) is 11.0. The Balaban J connectivity index is 1.61. The third-order valence-corrected chi connectivity index (χ3v) is 12.9. The van der Waals surface area contributed by atoms with Gasteiger partial charge in [-0.1, -0.05) is 65.3 Å².